The van der Waals surface area contributed by atoms with Gasteiger partial charge in [-0.25, -0.2) is 0 Å². The summed E-state index contributed by atoms with van der Waals surface area (Å²) in [5, 5.41) is 12.1. The second kappa shape index (κ2) is 8.70. The Hall–Kier alpha value is -2.06. The first-order chi connectivity index (χ1) is 11.2. The van der Waals surface area contributed by atoms with Crippen LogP contribution in [0.5, 0.6) is 5.75 Å². The second-order valence-corrected chi connectivity index (χ2v) is 6.83. The zero-order chi connectivity index (χ0) is 18.3. The number of amides is 1. The number of methoxy groups -OCH3 is 1. The van der Waals surface area contributed by atoms with E-state index >= 15 is 0 Å². The highest BCUT2D eigenvalue weighted by Gasteiger charge is 2.30. The van der Waals surface area contributed by atoms with E-state index in [0.717, 1.165) is 12.2 Å². The summed E-state index contributed by atoms with van der Waals surface area (Å²) in [6.45, 7) is 7.97. The van der Waals surface area contributed by atoms with Gasteiger partial charge in [0, 0.05) is 6.04 Å². The molecule has 0 aromatic heterocycles. The van der Waals surface area contributed by atoms with Crippen molar-refractivity contribution in [3.05, 3.63) is 29.8 Å². The summed E-state index contributed by atoms with van der Waals surface area (Å²) >= 11 is 0. The fraction of sp³-hybridized carbons (Fsp3) is 0.579. The summed E-state index contributed by atoms with van der Waals surface area (Å²) in [6, 6.07) is 10.4. The first-order valence-electron chi connectivity index (χ1n) is 8.27. The van der Waals surface area contributed by atoms with Crippen LogP contribution in [0.1, 0.15) is 33.3 Å². The Balaban J connectivity index is 2.58. The molecule has 1 N–H and O–H groups in total. The minimum Gasteiger partial charge on any atom is -0.497 e. The quantitative estimate of drug-likeness (QED) is 0.795. The highest BCUT2D eigenvalue weighted by atomic mass is 16.5. The maximum Gasteiger partial charge on any atom is 0.235 e. The molecule has 0 spiro atoms. The lowest BCUT2D eigenvalue weighted by Crippen LogP contribution is -2.52. The minimum absolute atomic E-state index is 0.0495. The Kier molecular flexibility index (Phi) is 7.24. The van der Waals surface area contributed by atoms with Crippen LogP contribution in [0, 0.1) is 17.2 Å². The van der Waals surface area contributed by atoms with E-state index in [-0.39, 0.29) is 24.4 Å². The maximum absolute atomic E-state index is 12.3. The number of nitriles is 1. The summed E-state index contributed by atoms with van der Waals surface area (Å²) < 4.78 is 5.16. The second-order valence-electron chi connectivity index (χ2n) is 6.83. The molecule has 0 aliphatic heterocycles. The minimum atomic E-state index is -0.836. The largest absolute Gasteiger partial charge is 0.497 e. The third-order valence-electron chi connectivity index (χ3n) is 4.62. The van der Waals surface area contributed by atoms with Crippen LogP contribution in [0.2, 0.25) is 0 Å². The van der Waals surface area contributed by atoms with Gasteiger partial charge in [0.15, 0.2) is 0 Å². The molecule has 5 heteroatoms. The highest BCUT2D eigenvalue weighted by molar-refractivity contribution is 5.79. The predicted octanol–water partition coefficient (Wildman–Crippen LogP) is 2.61. The summed E-state index contributed by atoms with van der Waals surface area (Å²) in [7, 11) is 3.57. The fourth-order valence-corrected chi connectivity index (χ4v) is 2.27. The van der Waals surface area contributed by atoms with Crippen molar-refractivity contribution in [1.29, 1.82) is 5.26 Å². The highest BCUT2D eigenvalue weighted by Crippen LogP contribution is 2.16. The smallest absolute Gasteiger partial charge is 0.235 e. The molecule has 0 saturated carbocycles. The van der Waals surface area contributed by atoms with E-state index in [0.29, 0.717) is 0 Å². The van der Waals surface area contributed by atoms with Gasteiger partial charge < -0.3 is 10.1 Å². The van der Waals surface area contributed by atoms with Crippen LogP contribution < -0.4 is 10.1 Å². The number of hydrogen-bond donors (Lipinski definition) is 1. The Morgan fingerprint density at radius 3 is 2.38 bits per heavy atom. The van der Waals surface area contributed by atoms with Gasteiger partial charge in [0.2, 0.25) is 5.91 Å². The molecule has 5 nitrogen and oxygen atoms in total. The number of hydrogen-bond acceptors (Lipinski definition) is 4. The molecule has 1 aromatic carbocycles. The van der Waals surface area contributed by atoms with Crippen LogP contribution >= 0.6 is 0 Å². The molecular formula is C19H29N3O2. The van der Waals surface area contributed by atoms with Crippen LogP contribution in [0.15, 0.2) is 24.3 Å². The molecule has 132 valence electrons. The molecule has 0 heterocycles. The zero-order valence-electron chi connectivity index (χ0n) is 15.6. The molecule has 0 radical (unpaired) electrons. The van der Waals surface area contributed by atoms with Crippen molar-refractivity contribution < 1.29 is 9.53 Å². The lowest BCUT2D eigenvalue weighted by molar-refractivity contribution is -0.124. The van der Waals surface area contributed by atoms with E-state index in [4.69, 9.17) is 4.74 Å². The standard InChI is InChI=1S/C19H29N3O2/c1-14(2)19(4,13-20)21-18(23)12-22(5)15(3)11-16-7-9-17(24-6)10-8-16/h7-10,14-15H,11-12H2,1-6H3,(H,21,23)/t15-,19-/m0/s1. The molecule has 24 heavy (non-hydrogen) atoms. The first kappa shape index (κ1) is 20.0. The summed E-state index contributed by atoms with van der Waals surface area (Å²) in [6.07, 6.45) is 0.841. The molecule has 0 unspecified atom stereocenters. The van der Waals surface area contributed by atoms with Gasteiger partial charge in [0.25, 0.3) is 0 Å². The number of ether oxygens (including phenoxy) is 1. The Bertz CT molecular complexity index is 577. The van der Waals surface area contributed by atoms with Crippen molar-refractivity contribution in [3.63, 3.8) is 0 Å². The molecule has 0 aliphatic rings. The Morgan fingerprint density at radius 2 is 1.92 bits per heavy atom. The van der Waals surface area contributed by atoms with Crippen molar-refractivity contribution in [1.82, 2.24) is 10.2 Å². The Labute approximate surface area is 145 Å². The topological polar surface area (TPSA) is 65.4 Å². The van der Waals surface area contributed by atoms with Crippen LogP contribution in [0.25, 0.3) is 0 Å². The van der Waals surface area contributed by atoms with Gasteiger partial charge in [-0.3, -0.25) is 9.69 Å². The van der Waals surface area contributed by atoms with E-state index in [1.165, 1.54) is 5.56 Å². The molecule has 0 saturated heterocycles. The fourth-order valence-electron chi connectivity index (χ4n) is 2.27. The van der Waals surface area contributed by atoms with Gasteiger partial charge >= 0.3 is 0 Å². The first-order valence-corrected chi connectivity index (χ1v) is 8.27. The molecular weight excluding hydrogens is 302 g/mol. The molecule has 1 amide bonds. The normalized spacial score (nSPS) is 14.8. The van der Waals surface area contributed by atoms with Gasteiger partial charge in [-0.1, -0.05) is 26.0 Å². The Morgan fingerprint density at radius 1 is 1.33 bits per heavy atom. The van der Waals surface area contributed by atoms with E-state index in [9.17, 15) is 10.1 Å². The summed E-state index contributed by atoms with van der Waals surface area (Å²) in [5.74, 6) is 0.758. The van der Waals surface area contributed by atoms with E-state index in [1.54, 1.807) is 14.0 Å². The van der Waals surface area contributed by atoms with Crippen molar-refractivity contribution in [2.75, 3.05) is 20.7 Å². The third kappa shape index (κ3) is 5.54. The predicted molar refractivity (Wildman–Crippen MR) is 95.8 cm³/mol. The van der Waals surface area contributed by atoms with E-state index in [1.807, 2.05) is 50.1 Å². The lowest BCUT2D eigenvalue weighted by Gasteiger charge is -2.30. The third-order valence-corrected chi connectivity index (χ3v) is 4.62. The van der Waals surface area contributed by atoms with Gasteiger partial charge in [-0.15, -0.1) is 0 Å². The van der Waals surface area contributed by atoms with Crippen LogP contribution in [0.4, 0.5) is 0 Å². The van der Waals surface area contributed by atoms with Gasteiger partial charge in [-0.05, 0) is 50.9 Å². The number of rotatable bonds is 8. The number of carbonyl (C=O) groups is 1. The van der Waals surface area contributed by atoms with Crippen molar-refractivity contribution in [3.8, 4) is 11.8 Å². The number of likely N-dealkylation sites (N-methyl/N-ethyl adjacent to an activating group) is 1. The molecule has 0 aliphatic carbocycles. The van der Waals surface area contributed by atoms with Crippen molar-refractivity contribution >= 4 is 5.91 Å². The summed E-state index contributed by atoms with van der Waals surface area (Å²) in [4.78, 5) is 14.3. The monoisotopic (exact) mass is 331 g/mol. The SMILES string of the molecule is COc1ccc(C[C@H](C)N(C)CC(=O)N[C@@](C)(C#N)C(C)C)cc1. The lowest BCUT2D eigenvalue weighted by atomic mass is 9.90. The van der Waals surface area contributed by atoms with Gasteiger partial charge in [-0.2, -0.15) is 5.26 Å². The van der Waals surface area contributed by atoms with E-state index in [2.05, 4.69) is 18.3 Å². The number of nitrogens with zero attached hydrogens (tertiary/aromatic N) is 2. The molecule has 0 bridgehead atoms. The molecule has 1 rings (SSSR count). The van der Waals surface area contributed by atoms with Crippen LogP contribution in [0.3, 0.4) is 0 Å². The van der Waals surface area contributed by atoms with E-state index < -0.39 is 5.54 Å². The molecule has 1 aromatic rings. The average molecular weight is 331 g/mol. The zero-order valence-corrected chi connectivity index (χ0v) is 15.6. The maximum atomic E-state index is 12.3. The molecule has 0 fully saturated rings. The number of carbonyl (C=O) groups excluding carboxylic acids is 1. The number of benzene rings is 1. The number of nitrogens with one attached hydrogen (secondary N) is 1. The van der Waals surface area contributed by atoms with Gasteiger partial charge in [0.1, 0.15) is 11.3 Å². The van der Waals surface area contributed by atoms with Crippen molar-refractivity contribution in [2.45, 2.75) is 45.7 Å². The van der Waals surface area contributed by atoms with Crippen molar-refractivity contribution in [2.24, 2.45) is 5.92 Å². The molecule has 2 atom stereocenters. The summed E-state index contributed by atoms with van der Waals surface area (Å²) in [5.41, 5.74) is 0.358. The average Bonchev–Trinajstić information content (AvgIpc) is 2.54. The van der Waals surface area contributed by atoms with Gasteiger partial charge in [0.05, 0.1) is 19.7 Å². The van der Waals surface area contributed by atoms with Crippen LogP contribution in [-0.4, -0.2) is 43.1 Å². The van der Waals surface area contributed by atoms with Crippen LogP contribution in [-0.2, 0) is 11.2 Å².